The predicted octanol–water partition coefficient (Wildman–Crippen LogP) is 5.26. The van der Waals surface area contributed by atoms with Gasteiger partial charge in [-0.15, -0.1) is 10.2 Å². The Kier molecular flexibility index (Phi) is 7.46. The number of methoxy groups -OCH3 is 1. The molecule has 192 valence electrons. The molecule has 0 spiro atoms. The van der Waals surface area contributed by atoms with Crippen LogP contribution in [0.1, 0.15) is 29.6 Å². The van der Waals surface area contributed by atoms with E-state index in [2.05, 4.69) is 20.4 Å². The molecule has 0 atom stereocenters. The van der Waals surface area contributed by atoms with Crippen molar-refractivity contribution in [3.8, 4) is 34.6 Å². The number of benzene rings is 2. The number of anilines is 1. The van der Waals surface area contributed by atoms with Crippen molar-refractivity contribution in [3.63, 3.8) is 0 Å². The van der Waals surface area contributed by atoms with E-state index in [4.69, 9.17) is 18.3 Å². The van der Waals surface area contributed by atoms with E-state index in [0.29, 0.717) is 29.4 Å². The normalized spacial score (nSPS) is 13.9. The van der Waals surface area contributed by atoms with Gasteiger partial charge in [0, 0.05) is 12.1 Å². The summed E-state index contributed by atoms with van der Waals surface area (Å²) in [6.45, 7) is 3.49. The lowest BCUT2D eigenvalue weighted by atomic mass is 10.1. The Hall–Kier alpha value is -4.18. The monoisotopic (exact) mass is 506 g/mol. The van der Waals surface area contributed by atoms with Crippen molar-refractivity contribution in [3.05, 3.63) is 66.2 Å². The van der Waals surface area contributed by atoms with E-state index in [1.165, 1.54) is 50.8 Å². The van der Waals surface area contributed by atoms with Gasteiger partial charge >= 0.3 is 0 Å². The molecule has 0 saturated carbocycles. The van der Waals surface area contributed by atoms with Crippen LogP contribution in [-0.4, -0.2) is 54.4 Å². The Balaban J connectivity index is 1.30. The fourth-order valence-corrected chi connectivity index (χ4v) is 4.21. The van der Waals surface area contributed by atoms with Gasteiger partial charge < -0.3 is 23.6 Å². The largest absolute Gasteiger partial charge is 0.496 e. The van der Waals surface area contributed by atoms with Crippen LogP contribution in [0.25, 0.3) is 23.1 Å². The maximum atomic E-state index is 14.6. The van der Waals surface area contributed by atoms with Gasteiger partial charge in [-0.1, -0.05) is 6.42 Å². The van der Waals surface area contributed by atoms with E-state index in [1.807, 2.05) is 0 Å². The Morgan fingerprint density at radius 3 is 2.70 bits per heavy atom. The second-order valence-electron chi connectivity index (χ2n) is 8.65. The standard InChI is InChI=1S/C27H27FN4O5/c1-34-23-10-8-19(35-15-13-32-11-3-2-4-12-32)17-20(23)25(33)29-22-16-18(7-9-21(22)28)26-30-31-27(37-26)24-6-5-14-36-24/h5-10,14,16-17H,2-4,11-13,15H2,1H3,(H,29,33). The molecule has 2 aromatic heterocycles. The zero-order valence-corrected chi connectivity index (χ0v) is 20.4. The van der Waals surface area contributed by atoms with E-state index < -0.39 is 11.7 Å². The van der Waals surface area contributed by atoms with Crippen LogP contribution in [0.15, 0.2) is 63.6 Å². The van der Waals surface area contributed by atoms with Crippen molar-refractivity contribution in [2.75, 3.05) is 38.7 Å². The SMILES string of the molecule is COc1ccc(OCCN2CCCCC2)cc1C(=O)Nc1cc(-c2nnc(-c3ccco3)o2)ccc1F. The smallest absolute Gasteiger partial charge is 0.283 e. The van der Waals surface area contributed by atoms with Crippen LogP contribution in [-0.2, 0) is 0 Å². The number of aromatic nitrogens is 2. The molecule has 1 aliphatic heterocycles. The molecule has 0 radical (unpaired) electrons. The average Bonchev–Trinajstić information content (AvgIpc) is 3.63. The number of ether oxygens (including phenoxy) is 2. The van der Waals surface area contributed by atoms with E-state index in [0.717, 1.165) is 19.6 Å². The minimum Gasteiger partial charge on any atom is -0.496 e. The van der Waals surface area contributed by atoms with Gasteiger partial charge in [0.15, 0.2) is 5.76 Å². The van der Waals surface area contributed by atoms with Gasteiger partial charge in [-0.05, 0) is 74.5 Å². The number of halogens is 1. The molecule has 1 N–H and O–H groups in total. The van der Waals surface area contributed by atoms with E-state index in [-0.39, 0.29) is 23.0 Å². The fraction of sp³-hybridized carbons (Fsp3) is 0.296. The topological polar surface area (TPSA) is 103 Å². The second-order valence-corrected chi connectivity index (χ2v) is 8.65. The minimum absolute atomic E-state index is 0.0429. The zero-order valence-electron chi connectivity index (χ0n) is 20.4. The lowest BCUT2D eigenvalue weighted by Gasteiger charge is -2.26. The summed E-state index contributed by atoms with van der Waals surface area (Å²) in [6.07, 6.45) is 5.19. The average molecular weight is 507 g/mol. The first-order valence-electron chi connectivity index (χ1n) is 12.1. The molecular formula is C27H27FN4O5. The number of furan rings is 1. The van der Waals surface area contributed by atoms with Crippen molar-refractivity contribution < 1.29 is 27.5 Å². The summed E-state index contributed by atoms with van der Waals surface area (Å²) in [7, 11) is 1.47. The highest BCUT2D eigenvalue weighted by atomic mass is 19.1. The molecule has 1 amide bonds. The van der Waals surface area contributed by atoms with Gasteiger partial charge in [0.2, 0.25) is 5.89 Å². The zero-order chi connectivity index (χ0) is 25.6. The van der Waals surface area contributed by atoms with Gasteiger partial charge in [-0.25, -0.2) is 4.39 Å². The second kappa shape index (κ2) is 11.3. The number of rotatable bonds is 9. The Morgan fingerprint density at radius 2 is 1.92 bits per heavy atom. The summed E-state index contributed by atoms with van der Waals surface area (Å²) < 4.78 is 36.8. The van der Waals surface area contributed by atoms with E-state index >= 15 is 0 Å². The number of likely N-dealkylation sites (tertiary alicyclic amines) is 1. The highest BCUT2D eigenvalue weighted by molar-refractivity contribution is 6.06. The Labute approximate surface area is 213 Å². The molecule has 5 rings (SSSR count). The first kappa shape index (κ1) is 24.5. The van der Waals surface area contributed by atoms with Gasteiger partial charge in [0.1, 0.15) is 23.9 Å². The molecule has 4 aromatic rings. The number of hydrogen-bond donors (Lipinski definition) is 1. The number of nitrogens with zero attached hydrogens (tertiary/aromatic N) is 3. The van der Waals surface area contributed by atoms with Crippen molar-refractivity contribution in [2.24, 2.45) is 0 Å². The predicted molar refractivity (Wildman–Crippen MR) is 134 cm³/mol. The first-order chi connectivity index (χ1) is 18.1. The quantitative estimate of drug-likeness (QED) is 0.328. The van der Waals surface area contributed by atoms with Crippen LogP contribution >= 0.6 is 0 Å². The lowest BCUT2D eigenvalue weighted by Crippen LogP contribution is -2.33. The van der Waals surface area contributed by atoms with Gasteiger partial charge in [0.25, 0.3) is 11.8 Å². The summed E-state index contributed by atoms with van der Waals surface area (Å²) in [4.78, 5) is 15.5. The summed E-state index contributed by atoms with van der Waals surface area (Å²) in [5, 5.41) is 10.6. The third-order valence-electron chi connectivity index (χ3n) is 6.16. The lowest BCUT2D eigenvalue weighted by molar-refractivity contribution is 0.102. The van der Waals surface area contributed by atoms with Crippen molar-refractivity contribution in [1.29, 1.82) is 0 Å². The van der Waals surface area contributed by atoms with E-state index in [1.54, 1.807) is 30.3 Å². The molecule has 3 heterocycles. The number of amides is 1. The van der Waals surface area contributed by atoms with Crippen LogP contribution in [0, 0.1) is 5.82 Å². The van der Waals surface area contributed by atoms with Crippen LogP contribution in [0.4, 0.5) is 10.1 Å². The molecule has 37 heavy (non-hydrogen) atoms. The summed E-state index contributed by atoms with van der Waals surface area (Å²) in [5.41, 5.74) is 0.614. The van der Waals surface area contributed by atoms with Crippen molar-refractivity contribution in [1.82, 2.24) is 15.1 Å². The first-order valence-corrected chi connectivity index (χ1v) is 12.1. The Morgan fingerprint density at radius 1 is 1.08 bits per heavy atom. The third kappa shape index (κ3) is 5.80. The molecule has 2 aromatic carbocycles. The minimum atomic E-state index is -0.615. The van der Waals surface area contributed by atoms with Crippen LogP contribution in [0.5, 0.6) is 11.5 Å². The molecule has 1 fully saturated rings. The summed E-state index contributed by atoms with van der Waals surface area (Å²) in [6, 6.07) is 12.5. The molecule has 1 aliphatic rings. The molecular weight excluding hydrogens is 479 g/mol. The summed E-state index contributed by atoms with van der Waals surface area (Å²) in [5.74, 6) is 0.484. The molecule has 0 aliphatic carbocycles. The molecule has 9 nitrogen and oxygen atoms in total. The van der Waals surface area contributed by atoms with Gasteiger partial charge in [0.05, 0.1) is 24.6 Å². The molecule has 10 heteroatoms. The van der Waals surface area contributed by atoms with Crippen molar-refractivity contribution in [2.45, 2.75) is 19.3 Å². The molecule has 0 unspecified atom stereocenters. The van der Waals surface area contributed by atoms with Gasteiger partial charge in [-0.3, -0.25) is 9.69 Å². The van der Waals surface area contributed by atoms with Crippen LogP contribution in [0.2, 0.25) is 0 Å². The summed E-state index contributed by atoms with van der Waals surface area (Å²) >= 11 is 0. The van der Waals surface area contributed by atoms with Crippen LogP contribution in [0.3, 0.4) is 0 Å². The van der Waals surface area contributed by atoms with Crippen molar-refractivity contribution >= 4 is 11.6 Å². The maximum absolute atomic E-state index is 14.6. The molecule has 0 bridgehead atoms. The number of carbonyl (C=O) groups excluding carboxylic acids is 1. The highest BCUT2D eigenvalue weighted by Crippen LogP contribution is 2.29. The van der Waals surface area contributed by atoms with Gasteiger partial charge in [-0.2, -0.15) is 0 Å². The fourth-order valence-electron chi connectivity index (χ4n) is 4.21. The number of carbonyl (C=O) groups is 1. The van der Waals surface area contributed by atoms with E-state index in [9.17, 15) is 9.18 Å². The number of piperidine rings is 1. The maximum Gasteiger partial charge on any atom is 0.283 e. The highest BCUT2D eigenvalue weighted by Gasteiger charge is 2.19. The third-order valence-corrected chi connectivity index (χ3v) is 6.16. The number of hydrogen-bond acceptors (Lipinski definition) is 8. The number of nitrogens with one attached hydrogen (secondary N) is 1. The Bertz CT molecular complexity index is 1350. The van der Waals surface area contributed by atoms with Crippen LogP contribution < -0.4 is 14.8 Å². The molecule has 1 saturated heterocycles.